The molecule has 0 saturated carbocycles. The summed E-state index contributed by atoms with van der Waals surface area (Å²) in [6.07, 6.45) is 5.23. The highest BCUT2D eigenvalue weighted by Gasteiger charge is 2.31. The van der Waals surface area contributed by atoms with Crippen LogP contribution < -0.4 is 5.32 Å². The molecule has 0 aliphatic rings. The van der Waals surface area contributed by atoms with Gasteiger partial charge < -0.3 is 5.11 Å². The van der Waals surface area contributed by atoms with Crippen LogP contribution in [-0.2, 0) is 4.79 Å². The first-order chi connectivity index (χ1) is 9.20. The van der Waals surface area contributed by atoms with Crippen molar-refractivity contribution in [1.82, 2.24) is 10.2 Å². The highest BCUT2D eigenvalue weighted by molar-refractivity contribution is 5.74. The molecule has 0 aliphatic heterocycles. The Kier molecular flexibility index (Phi) is 8.74. The molecule has 0 spiro atoms. The van der Waals surface area contributed by atoms with Gasteiger partial charge in [0.25, 0.3) is 0 Å². The lowest BCUT2D eigenvalue weighted by Gasteiger charge is -2.33. The van der Waals surface area contributed by atoms with Gasteiger partial charge in [-0.05, 0) is 45.1 Å². The normalized spacial score (nSPS) is 13.8. The molecule has 0 aromatic heterocycles. The van der Waals surface area contributed by atoms with Crippen molar-refractivity contribution in [3.05, 3.63) is 12.7 Å². The number of hydrogen-bond acceptors (Lipinski definition) is 3. The van der Waals surface area contributed by atoms with Crippen LogP contribution in [0.2, 0.25) is 0 Å². The number of nitrogens with one attached hydrogen (secondary N) is 1. The molecule has 0 unspecified atom stereocenters. The topological polar surface area (TPSA) is 52.6 Å². The van der Waals surface area contributed by atoms with E-state index in [2.05, 4.69) is 30.6 Å². The fourth-order valence-corrected chi connectivity index (χ4v) is 2.10. The predicted octanol–water partition coefficient (Wildman–Crippen LogP) is 3.10. The maximum atomic E-state index is 11.3. The molecule has 0 rings (SSSR count). The summed E-state index contributed by atoms with van der Waals surface area (Å²) in [6, 6.07) is -0.127. The monoisotopic (exact) mass is 284 g/mol. The van der Waals surface area contributed by atoms with E-state index in [9.17, 15) is 9.90 Å². The molecule has 0 saturated heterocycles. The molecule has 0 aromatic carbocycles. The van der Waals surface area contributed by atoms with Crippen LogP contribution >= 0.6 is 0 Å². The van der Waals surface area contributed by atoms with E-state index >= 15 is 0 Å². The molecule has 0 bridgehead atoms. The van der Waals surface area contributed by atoms with Crippen LogP contribution in [0.25, 0.3) is 0 Å². The number of nitrogens with zero attached hydrogens (tertiary/aromatic N) is 1. The fraction of sp³-hybridized carbons (Fsp3) is 0.812. The molecule has 0 fully saturated rings. The lowest BCUT2D eigenvalue weighted by atomic mass is 9.87. The Morgan fingerprint density at radius 2 is 1.95 bits per heavy atom. The van der Waals surface area contributed by atoms with Gasteiger partial charge in [0, 0.05) is 12.7 Å². The van der Waals surface area contributed by atoms with Gasteiger partial charge in [0.05, 0.1) is 0 Å². The van der Waals surface area contributed by atoms with Crippen molar-refractivity contribution < 1.29 is 9.90 Å². The zero-order valence-electron chi connectivity index (χ0n) is 13.8. The highest BCUT2D eigenvalue weighted by atomic mass is 16.4. The second-order valence-electron chi connectivity index (χ2n) is 6.69. The van der Waals surface area contributed by atoms with Gasteiger partial charge in [-0.2, -0.15) is 0 Å². The molecule has 4 nitrogen and oxygen atoms in total. The minimum absolute atomic E-state index is 0.294. The van der Waals surface area contributed by atoms with E-state index in [0.717, 1.165) is 25.8 Å². The first kappa shape index (κ1) is 19.1. The van der Waals surface area contributed by atoms with E-state index in [0.29, 0.717) is 12.7 Å². The number of carbonyl (C=O) groups is 1. The van der Waals surface area contributed by atoms with Crippen molar-refractivity contribution in [3.63, 3.8) is 0 Å². The number of unbranched alkanes of at least 4 members (excludes halogenated alkanes) is 2. The van der Waals surface area contributed by atoms with Crippen LogP contribution in [0.15, 0.2) is 12.7 Å². The van der Waals surface area contributed by atoms with Gasteiger partial charge in [-0.25, -0.2) is 0 Å². The number of allylic oxidation sites excluding steroid dienone is 1. The van der Waals surface area contributed by atoms with E-state index in [4.69, 9.17) is 0 Å². The second-order valence-corrected chi connectivity index (χ2v) is 6.69. The standard InChI is InChI=1S/C16H32N2O2/c1-7-8-9-10-11-18(13(2)3)12-17-14(15(19)20)16(4,5)6/h7,13-14,17H,1,8-12H2,2-6H3,(H,19,20)/t14-/m1/s1. The predicted molar refractivity (Wildman–Crippen MR) is 84.8 cm³/mol. The molecule has 20 heavy (non-hydrogen) atoms. The van der Waals surface area contributed by atoms with Gasteiger partial charge in [0.2, 0.25) is 0 Å². The third-order valence-corrected chi connectivity index (χ3v) is 3.45. The molecule has 0 aliphatic carbocycles. The molecule has 0 radical (unpaired) electrons. The molecular formula is C16H32N2O2. The maximum Gasteiger partial charge on any atom is 0.321 e. The third-order valence-electron chi connectivity index (χ3n) is 3.45. The minimum Gasteiger partial charge on any atom is -0.480 e. The Morgan fingerprint density at radius 1 is 1.35 bits per heavy atom. The van der Waals surface area contributed by atoms with E-state index in [1.54, 1.807) is 0 Å². The zero-order valence-corrected chi connectivity index (χ0v) is 13.8. The van der Waals surface area contributed by atoms with Gasteiger partial charge in [0.15, 0.2) is 0 Å². The van der Waals surface area contributed by atoms with Gasteiger partial charge in [0.1, 0.15) is 6.04 Å². The van der Waals surface area contributed by atoms with Crippen LogP contribution in [0, 0.1) is 5.41 Å². The van der Waals surface area contributed by atoms with Crippen molar-refractivity contribution >= 4 is 5.97 Å². The van der Waals surface area contributed by atoms with E-state index in [1.165, 1.54) is 0 Å². The van der Waals surface area contributed by atoms with Crippen molar-refractivity contribution in [1.29, 1.82) is 0 Å². The number of rotatable bonds is 10. The number of carboxylic acids is 1. The molecule has 0 heterocycles. The van der Waals surface area contributed by atoms with Crippen LogP contribution in [0.1, 0.15) is 53.9 Å². The summed E-state index contributed by atoms with van der Waals surface area (Å²) < 4.78 is 0. The van der Waals surface area contributed by atoms with Crippen LogP contribution in [0.3, 0.4) is 0 Å². The van der Waals surface area contributed by atoms with Gasteiger partial charge in [-0.3, -0.25) is 15.0 Å². The Bertz CT molecular complexity index is 295. The van der Waals surface area contributed by atoms with E-state index < -0.39 is 12.0 Å². The molecule has 0 amide bonds. The van der Waals surface area contributed by atoms with Crippen LogP contribution in [0.4, 0.5) is 0 Å². The highest BCUT2D eigenvalue weighted by Crippen LogP contribution is 2.19. The quantitative estimate of drug-likeness (QED) is 0.368. The molecular weight excluding hydrogens is 252 g/mol. The van der Waals surface area contributed by atoms with Crippen molar-refractivity contribution in [3.8, 4) is 0 Å². The summed E-state index contributed by atoms with van der Waals surface area (Å²) in [5.41, 5.74) is -0.294. The van der Waals surface area contributed by atoms with Crippen LogP contribution in [0.5, 0.6) is 0 Å². The van der Waals surface area contributed by atoms with Crippen LogP contribution in [-0.4, -0.2) is 41.3 Å². The number of hydrogen-bond donors (Lipinski definition) is 2. The summed E-state index contributed by atoms with van der Waals surface area (Å²) >= 11 is 0. The summed E-state index contributed by atoms with van der Waals surface area (Å²) in [6.45, 7) is 15.4. The third kappa shape index (κ3) is 7.65. The van der Waals surface area contributed by atoms with E-state index in [-0.39, 0.29) is 5.41 Å². The first-order valence-corrected chi connectivity index (χ1v) is 7.51. The Morgan fingerprint density at radius 3 is 2.35 bits per heavy atom. The lowest BCUT2D eigenvalue weighted by molar-refractivity contribution is -0.142. The number of carboxylic acid groups (broad SMARTS) is 1. The molecule has 2 N–H and O–H groups in total. The van der Waals surface area contributed by atoms with Gasteiger partial charge in [-0.1, -0.05) is 26.8 Å². The van der Waals surface area contributed by atoms with Crippen molar-refractivity contribution in [2.24, 2.45) is 5.41 Å². The molecule has 0 aromatic rings. The molecule has 118 valence electrons. The fourth-order valence-electron chi connectivity index (χ4n) is 2.10. The Hall–Kier alpha value is -0.870. The number of aliphatic carboxylic acids is 1. The average molecular weight is 284 g/mol. The summed E-state index contributed by atoms with van der Waals surface area (Å²) in [4.78, 5) is 13.6. The molecule has 1 atom stereocenters. The SMILES string of the molecule is C=CCCCCN(CN[C@H](C(=O)O)C(C)(C)C)C(C)C. The summed E-state index contributed by atoms with van der Waals surface area (Å²) in [5.74, 6) is -0.784. The smallest absolute Gasteiger partial charge is 0.321 e. The van der Waals surface area contributed by atoms with E-state index in [1.807, 2.05) is 26.8 Å². The molecule has 4 heteroatoms. The minimum atomic E-state index is -0.784. The average Bonchev–Trinajstić information content (AvgIpc) is 2.29. The second kappa shape index (κ2) is 9.14. The van der Waals surface area contributed by atoms with Gasteiger partial charge in [-0.15, -0.1) is 6.58 Å². The Balaban J connectivity index is 4.37. The Labute approximate surface area is 124 Å². The summed E-state index contributed by atoms with van der Waals surface area (Å²) in [5, 5.41) is 12.5. The first-order valence-electron chi connectivity index (χ1n) is 7.51. The summed E-state index contributed by atoms with van der Waals surface area (Å²) in [7, 11) is 0. The van der Waals surface area contributed by atoms with Crippen molar-refractivity contribution in [2.45, 2.75) is 66.0 Å². The zero-order chi connectivity index (χ0) is 15.8. The lowest BCUT2D eigenvalue weighted by Crippen LogP contribution is -2.51. The maximum absolute atomic E-state index is 11.3. The largest absolute Gasteiger partial charge is 0.480 e. The van der Waals surface area contributed by atoms with Gasteiger partial charge >= 0.3 is 5.97 Å². The van der Waals surface area contributed by atoms with Crippen molar-refractivity contribution in [2.75, 3.05) is 13.2 Å².